The van der Waals surface area contributed by atoms with Crippen LogP contribution in [0.15, 0.2) is 36.7 Å². The predicted octanol–water partition coefficient (Wildman–Crippen LogP) is 2.22. The lowest BCUT2D eigenvalue weighted by Gasteiger charge is -2.36. The maximum atomic E-state index is 12.9. The molecule has 152 valence electrons. The summed E-state index contributed by atoms with van der Waals surface area (Å²) in [7, 11) is 3.59. The smallest absolute Gasteiger partial charge is 0.369 e. The van der Waals surface area contributed by atoms with E-state index in [1.807, 2.05) is 23.0 Å². The van der Waals surface area contributed by atoms with E-state index in [-0.39, 0.29) is 5.91 Å². The van der Waals surface area contributed by atoms with Gasteiger partial charge in [-0.2, -0.15) is 18.3 Å². The van der Waals surface area contributed by atoms with Gasteiger partial charge in [-0.05, 0) is 18.2 Å². The summed E-state index contributed by atoms with van der Waals surface area (Å²) in [6.45, 7) is 3.22. The number of likely N-dealkylation sites (N-methyl/N-ethyl adjacent to an activating group) is 1. The van der Waals surface area contributed by atoms with Gasteiger partial charge in [0, 0.05) is 64.3 Å². The quantitative estimate of drug-likeness (QED) is 0.779. The van der Waals surface area contributed by atoms with Crippen LogP contribution in [0.2, 0.25) is 0 Å². The van der Waals surface area contributed by atoms with E-state index in [9.17, 15) is 18.0 Å². The number of nitrogens with zero attached hydrogens (tertiary/aromatic N) is 5. The lowest BCUT2D eigenvalue weighted by Crippen LogP contribution is -2.49. The molecule has 0 bridgehead atoms. The molecule has 2 heterocycles. The predicted molar refractivity (Wildman–Crippen MR) is 99.8 cm³/mol. The maximum Gasteiger partial charge on any atom is 0.416 e. The number of rotatable bonds is 5. The van der Waals surface area contributed by atoms with Gasteiger partial charge in [0.05, 0.1) is 18.3 Å². The summed E-state index contributed by atoms with van der Waals surface area (Å²) in [6.07, 6.45) is -0.738. The molecule has 2 aromatic rings. The highest BCUT2D eigenvalue weighted by atomic mass is 19.4. The highest BCUT2D eigenvalue weighted by Crippen LogP contribution is 2.31. The Morgan fingerprint density at radius 2 is 1.93 bits per heavy atom. The molecule has 28 heavy (non-hydrogen) atoms. The van der Waals surface area contributed by atoms with E-state index in [4.69, 9.17) is 0 Å². The summed E-state index contributed by atoms with van der Waals surface area (Å²) in [5.74, 6) is 0.0105. The topological polar surface area (TPSA) is 44.6 Å². The molecule has 0 spiro atoms. The summed E-state index contributed by atoms with van der Waals surface area (Å²) in [4.78, 5) is 18.1. The molecule has 1 saturated heterocycles. The van der Waals surface area contributed by atoms with E-state index >= 15 is 0 Å². The van der Waals surface area contributed by atoms with Gasteiger partial charge >= 0.3 is 6.18 Å². The lowest BCUT2D eigenvalue weighted by atomic mass is 10.1. The average Bonchev–Trinajstić information content (AvgIpc) is 3.06. The number of alkyl halides is 3. The number of aromatic nitrogens is 2. The molecule has 0 unspecified atom stereocenters. The molecule has 0 saturated carbocycles. The van der Waals surface area contributed by atoms with Crippen LogP contribution in [0.25, 0.3) is 0 Å². The van der Waals surface area contributed by atoms with E-state index in [2.05, 4.69) is 5.10 Å². The Morgan fingerprint density at radius 3 is 2.54 bits per heavy atom. The van der Waals surface area contributed by atoms with Crippen LogP contribution in [0.3, 0.4) is 0 Å². The van der Waals surface area contributed by atoms with Crippen molar-refractivity contribution in [2.24, 2.45) is 7.05 Å². The van der Waals surface area contributed by atoms with Crippen molar-refractivity contribution in [1.82, 2.24) is 19.6 Å². The largest absolute Gasteiger partial charge is 0.416 e. The number of benzene rings is 1. The van der Waals surface area contributed by atoms with Crippen molar-refractivity contribution in [3.8, 4) is 0 Å². The highest BCUT2D eigenvalue weighted by molar-refractivity contribution is 5.78. The Labute approximate surface area is 162 Å². The molecule has 0 atom stereocenters. The molecule has 1 amide bonds. The van der Waals surface area contributed by atoms with E-state index in [1.165, 1.54) is 12.1 Å². The number of amides is 1. The lowest BCUT2D eigenvalue weighted by molar-refractivity contribution is -0.137. The minimum atomic E-state index is -4.34. The number of aryl methyl sites for hydroxylation is 1. The minimum absolute atomic E-state index is 0.0105. The highest BCUT2D eigenvalue weighted by Gasteiger charge is 2.31. The molecule has 9 heteroatoms. The first-order valence-electron chi connectivity index (χ1n) is 9.08. The molecule has 1 aromatic carbocycles. The van der Waals surface area contributed by atoms with Crippen LogP contribution in [-0.2, 0) is 24.6 Å². The minimum Gasteiger partial charge on any atom is -0.369 e. The van der Waals surface area contributed by atoms with Gasteiger partial charge in [0.1, 0.15) is 0 Å². The molecule has 3 rings (SSSR count). The Morgan fingerprint density at radius 1 is 1.21 bits per heavy atom. The zero-order valence-corrected chi connectivity index (χ0v) is 16.0. The molecule has 1 fully saturated rings. The van der Waals surface area contributed by atoms with Crippen molar-refractivity contribution in [2.75, 3.05) is 44.7 Å². The zero-order valence-electron chi connectivity index (χ0n) is 16.0. The van der Waals surface area contributed by atoms with Crippen molar-refractivity contribution in [3.05, 3.63) is 47.8 Å². The normalized spacial score (nSPS) is 15.7. The second-order valence-electron chi connectivity index (χ2n) is 7.08. The monoisotopic (exact) mass is 395 g/mol. The number of piperazine rings is 1. The van der Waals surface area contributed by atoms with Gasteiger partial charge in [-0.3, -0.25) is 14.4 Å². The zero-order chi connectivity index (χ0) is 20.3. The van der Waals surface area contributed by atoms with E-state index < -0.39 is 11.7 Å². The van der Waals surface area contributed by atoms with Gasteiger partial charge < -0.3 is 9.80 Å². The molecule has 1 aliphatic rings. The SMILES string of the molecule is CN(Cc1cnn(C)c1)C(=O)CN1CCN(c2cccc(C(F)(F)F)c2)CC1. The van der Waals surface area contributed by atoms with Gasteiger partial charge in [-0.25, -0.2) is 0 Å². The fraction of sp³-hybridized carbons (Fsp3) is 0.474. The van der Waals surface area contributed by atoms with Crippen LogP contribution in [0, 0.1) is 0 Å². The Balaban J connectivity index is 1.50. The Kier molecular flexibility index (Phi) is 5.93. The second-order valence-corrected chi connectivity index (χ2v) is 7.08. The average molecular weight is 395 g/mol. The van der Waals surface area contributed by atoms with Crippen LogP contribution >= 0.6 is 0 Å². The summed E-state index contributed by atoms with van der Waals surface area (Å²) >= 11 is 0. The van der Waals surface area contributed by atoms with Gasteiger partial charge in [0.2, 0.25) is 5.91 Å². The summed E-state index contributed by atoms with van der Waals surface area (Å²) in [5.41, 5.74) is 0.891. The molecular weight excluding hydrogens is 371 g/mol. The first kappa shape index (κ1) is 20.2. The van der Waals surface area contributed by atoms with Gasteiger partial charge in [0.25, 0.3) is 0 Å². The van der Waals surface area contributed by atoms with Gasteiger partial charge in [0.15, 0.2) is 0 Å². The number of hydrogen-bond donors (Lipinski definition) is 0. The Hall–Kier alpha value is -2.55. The third kappa shape index (κ3) is 5.03. The van der Waals surface area contributed by atoms with Crippen molar-refractivity contribution < 1.29 is 18.0 Å². The first-order chi connectivity index (χ1) is 13.2. The molecule has 0 N–H and O–H groups in total. The van der Waals surface area contributed by atoms with Crippen molar-refractivity contribution >= 4 is 11.6 Å². The first-order valence-corrected chi connectivity index (χ1v) is 9.08. The van der Waals surface area contributed by atoms with Crippen molar-refractivity contribution in [2.45, 2.75) is 12.7 Å². The molecule has 0 aliphatic carbocycles. The number of halogens is 3. The summed E-state index contributed by atoms with van der Waals surface area (Å²) < 4.78 is 40.4. The van der Waals surface area contributed by atoms with Crippen molar-refractivity contribution in [1.29, 1.82) is 0 Å². The molecule has 1 aliphatic heterocycles. The van der Waals surface area contributed by atoms with E-state index in [1.54, 1.807) is 28.9 Å². The van der Waals surface area contributed by atoms with Crippen LogP contribution in [0.5, 0.6) is 0 Å². The fourth-order valence-corrected chi connectivity index (χ4v) is 3.27. The number of anilines is 1. The number of hydrogen-bond acceptors (Lipinski definition) is 4. The third-order valence-corrected chi connectivity index (χ3v) is 4.87. The second kappa shape index (κ2) is 8.22. The van der Waals surface area contributed by atoms with Gasteiger partial charge in [-0.15, -0.1) is 0 Å². The van der Waals surface area contributed by atoms with Crippen LogP contribution in [0.1, 0.15) is 11.1 Å². The number of carbonyl (C=O) groups excluding carboxylic acids is 1. The van der Waals surface area contributed by atoms with Crippen LogP contribution in [0.4, 0.5) is 18.9 Å². The standard InChI is InChI=1S/C19H24F3N5O/c1-24(12-15-11-23-25(2)13-15)18(28)14-26-6-8-27(9-7-26)17-5-3-4-16(10-17)19(20,21)22/h3-5,10-11,13H,6-9,12,14H2,1-2H3. The van der Waals surface area contributed by atoms with Gasteiger partial charge in [-0.1, -0.05) is 6.07 Å². The molecular formula is C19H24F3N5O. The van der Waals surface area contributed by atoms with E-state index in [0.29, 0.717) is 45.0 Å². The maximum absolute atomic E-state index is 12.9. The fourth-order valence-electron chi connectivity index (χ4n) is 3.27. The number of carbonyl (C=O) groups is 1. The van der Waals surface area contributed by atoms with E-state index in [0.717, 1.165) is 11.6 Å². The summed E-state index contributed by atoms with van der Waals surface area (Å²) in [5, 5.41) is 4.10. The van der Waals surface area contributed by atoms with Crippen molar-refractivity contribution in [3.63, 3.8) is 0 Å². The molecule has 6 nitrogen and oxygen atoms in total. The third-order valence-electron chi connectivity index (χ3n) is 4.87. The molecule has 0 radical (unpaired) electrons. The van der Waals surface area contributed by atoms with Crippen LogP contribution < -0.4 is 4.90 Å². The van der Waals surface area contributed by atoms with Crippen LogP contribution in [-0.4, -0.2) is 65.3 Å². The Bertz CT molecular complexity index is 812. The summed E-state index contributed by atoms with van der Waals surface area (Å²) in [6, 6.07) is 5.39. The molecule has 1 aromatic heterocycles.